The van der Waals surface area contributed by atoms with Gasteiger partial charge in [-0.15, -0.1) is 0 Å². The van der Waals surface area contributed by atoms with Gasteiger partial charge >= 0.3 is 6.61 Å². The largest absolute Gasteiger partial charge is 0.435 e. The number of pyridine rings is 1. The number of benzene rings is 1. The van der Waals surface area contributed by atoms with Crippen LogP contribution in [-0.2, 0) is 12.8 Å². The molecular weight excluding hydrogens is 384 g/mol. The fraction of sp³-hybridized carbons (Fsp3) is 0.188. The van der Waals surface area contributed by atoms with E-state index in [2.05, 4.69) is 35.8 Å². The molecule has 0 atom stereocenters. The van der Waals surface area contributed by atoms with Crippen LogP contribution in [0.25, 0.3) is 11.6 Å². The summed E-state index contributed by atoms with van der Waals surface area (Å²) < 4.78 is 34.5. The van der Waals surface area contributed by atoms with E-state index in [-0.39, 0.29) is 5.75 Å². The Morgan fingerprint density at radius 3 is 2.62 bits per heavy atom. The minimum atomic E-state index is -2.82. The summed E-state index contributed by atoms with van der Waals surface area (Å²) in [5.74, 6) is 1.03. The van der Waals surface area contributed by atoms with E-state index >= 15 is 0 Å². The Morgan fingerprint density at radius 2 is 1.92 bits per heavy atom. The normalized spacial score (nSPS) is 11.0. The molecule has 0 aliphatic rings. The molecule has 5 nitrogen and oxygen atoms in total. The van der Waals surface area contributed by atoms with Gasteiger partial charge in [0.1, 0.15) is 11.4 Å². The Morgan fingerprint density at radius 1 is 1.12 bits per heavy atom. The molecule has 0 saturated carbocycles. The van der Waals surface area contributed by atoms with Crippen molar-refractivity contribution in [3.05, 3.63) is 58.5 Å². The SMILES string of the molecule is FC(F)Oc1ccc(CCc2noc(-c3ncccc3Br)n2)cc1. The summed E-state index contributed by atoms with van der Waals surface area (Å²) in [5, 5.41) is 3.93. The lowest BCUT2D eigenvalue weighted by Gasteiger charge is -2.05. The molecule has 0 saturated heterocycles. The Balaban J connectivity index is 1.62. The van der Waals surface area contributed by atoms with Gasteiger partial charge in [-0.3, -0.25) is 0 Å². The van der Waals surface area contributed by atoms with Gasteiger partial charge in [0.25, 0.3) is 5.89 Å². The number of aryl methyl sites for hydroxylation is 2. The van der Waals surface area contributed by atoms with Crippen LogP contribution >= 0.6 is 15.9 Å². The van der Waals surface area contributed by atoms with Gasteiger partial charge in [-0.1, -0.05) is 17.3 Å². The number of alkyl halides is 2. The first-order valence-corrected chi connectivity index (χ1v) is 7.88. The van der Waals surface area contributed by atoms with Crippen LogP contribution in [0.5, 0.6) is 5.75 Å². The maximum atomic E-state index is 12.1. The molecule has 124 valence electrons. The molecule has 0 radical (unpaired) electrons. The zero-order valence-corrected chi connectivity index (χ0v) is 13.9. The molecule has 0 aliphatic carbocycles. The number of aromatic nitrogens is 3. The lowest BCUT2D eigenvalue weighted by Crippen LogP contribution is -2.01. The van der Waals surface area contributed by atoms with Gasteiger partial charge in [0, 0.05) is 17.1 Å². The van der Waals surface area contributed by atoms with Gasteiger partial charge in [0.05, 0.1) is 0 Å². The molecule has 0 bridgehead atoms. The number of ether oxygens (including phenoxy) is 1. The lowest BCUT2D eigenvalue weighted by molar-refractivity contribution is -0.0498. The van der Waals surface area contributed by atoms with Crippen molar-refractivity contribution in [1.82, 2.24) is 15.1 Å². The number of nitrogens with zero attached hydrogens (tertiary/aromatic N) is 3. The minimum Gasteiger partial charge on any atom is -0.435 e. The maximum Gasteiger partial charge on any atom is 0.387 e. The van der Waals surface area contributed by atoms with Crippen LogP contribution in [0.2, 0.25) is 0 Å². The average molecular weight is 396 g/mol. The van der Waals surface area contributed by atoms with Gasteiger partial charge < -0.3 is 9.26 Å². The summed E-state index contributed by atoms with van der Waals surface area (Å²) in [6, 6.07) is 10.1. The van der Waals surface area contributed by atoms with Crippen molar-refractivity contribution in [1.29, 1.82) is 0 Å². The van der Waals surface area contributed by atoms with Gasteiger partial charge in [0.2, 0.25) is 0 Å². The summed E-state index contributed by atoms with van der Waals surface area (Å²) in [7, 11) is 0. The molecule has 2 aromatic heterocycles. The van der Waals surface area contributed by atoms with Crippen LogP contribution < -0.4 is 4.74 Å². The number of rotatable bonds is 6. The molecule has 0 aliphatic heterocycles. The monoisotopic (exact) mass is 395 g/mol. The standard InChI is InChI=1S/C16H12BrF2N3O2/c17-12-2-1-9-20-14(12)15-21-13(22-24-15)8-5-10-3-6-11(7-4-10)23-16(18)19/h1-4,6-7,9,16H,5,8H2. The van der Waals surface area contributed by atoms with Crippen molar-refractivity contribution in [2.75, 3.05) is 0 Å². The number of halogens is 3. The van der Waals surface area contributed by atoms with E-state index in [4.69, 9.17) is 4.52 Å². The molecular formula is C16H12BrF2N3O2. The van der Waals surface area contributed by atoms with Crippen LogP contribution in [0.1, 0.15) is 11.4 Å². The van der Waals surface area contributed by atoms with Crippen molar-refractivity contribution in [2.24, 2.45) is 0 Å². The van der Waals surface area contributed by atoms with Gasteiger partial charge in [0.15, 0.2) is 5.82 Å². The third kappa shape index (κ3) is 4.14. The van der Waals surface area contributed by atoms with Crippen LogP contribution in [0.3, 0.4) is 0 Å². The summed E-state index contributed by atoms with van der Waals surface area (Å²) in [5.41, 5.74) is 1.55. The fourth-order valence-electron chi connectivity index (χ4n) is 2.09. The quantitative estimate of drug-likeness (QED) is 0.623. The van der Waals surface area contributed by atoms with E-state index < -0.39 is 6.61 Å². The van der Waals surface area contributed by atoms with Gasteiger partial charge in [-0.25, -0.2) is 4.98 Å². The summed E-state index contributed by atoms with van der Waals surface area (Å²) >= 11 is 3.39. The molecule has 3 rings (SSSR count). The van der Waals surface area contributed by atoms with Crippen molar-refractivity contribution < 1.29 is 18.0 Å². The third-order valence-electron chi connectivity index (χ3n) is 3.21. The number of hydrogen-bond donors (Lipinski definition) is 0. The summed E-state index contributed by atoms with van der Waals surface area (Å²) in [6.07, 6.45) is 2.85. The van der Waals surface area contributed by atoms with E-state index in [0.29, 0.717) is 30.3 Å². The van der Waals surface area contributed by atoms with Crippen molar-refractivity contribution in [3.8, 4) is 17.3 Å². The Labute approximate surface area is 144 Å². The lowest BCUT2D eigenvalue weighted by atomic mass is 10.1. The summed E-state index contributed by atoms with van der Waals surface area (Å²) in [6.45, 7) is -2.82. The highest BCUT2D eigenvalue weighted by atomic mass is 79.9. The van der Waals surface area contributed by atoms with E-state index in [0.717, 1.165) is 10.0 Å². The second-order valence-electron chi connectivity index (χ2n) is 4.87. The molecule has 8 heteroatoms. The van der Waals surface area contributed by atoms with Crippen molar-refractivity contribution in [3.63, 3.8) is 0 Å². The number of hydrogen-bond acceptors (Lipinski definition) is 5. The molecule has 0 amide bonds. The van der Waals surface area contributed by atoms with Gasteiger partial charge in [-0.05, 0) is 52.2 Å². The highest BCUT2D eigenvalue weighted by molar-refractivity contribution is 9.10. The molecule has 0 N–H and O–H groups in total. The highest BCUT2D eigenvalue weighted by Gasteiger charge is 2.13. The van der Waals surface area contributed by atoms with Crippen LogP contribution in [0.4, 0.5) is 8.78 Å². The Bertz CT molecular complexity index is 809. The first-order valence-electron chi connectivity index (χ1n) is 7.09. The van der Waals surface area contributed by atoms with Crippen molar-refractivity contribution in [2.45, 2.75) is 19.5 Å². The third-order valence-corrected chi connectivity index (χ3v) is 3.85. The predicted octanol–water partition coefficient (Wildman–Crippen LogP) is 4.28. The maximum absolute atomic E-state index is 12.1. The molecule has 3 aromatic rings. The Kier molecular flexibility index (Phi) is 5.14. The van der Waals surface area contributed by atoms with E-state index in [1.54, 1.807) is 24.4 Å². The average Bonchev–Trinajstić information content (AvgIpc) is 3.03. The smallest absolute Gasteiger partial charge is 0.387 e. The highest BCUT2D eigenvalue weighted by Crippen LogP contribution is 2.24. The fourth-order valence-corrected chi connectivity index (χ4v) is 2.51. The van der Waals surface area contributed by atoms with Crippen LogP contribution in [-0.4, -0.2) is 21.7 Å². The second-order valence-corrected chi connectivity index (χ2v) is 5.73. The van der Waals surface area contributed by atoms with Crippen molar-refractivity contribution >= 4 is 15.9 Å². The van der Waals surface area contributed by atoms with E-state index in [1.165, 1.54) is 12.1 Å². The zero-order chi connectivity index (χ0) is 16.9. The van der Waals surface area contributed by atoms with Crippen LogP contribution in [0, 0.1) is 0 Å². The van der Waals surface area contributed by atoms with Crippen LogP contribution in [0.15, 0.2) is 51.6 Å². The molecule has 1 aromatic carbocycles. The molecule has 0 spiro atoms. The second kappa shape index (κ2) is 7.48. The molecule has 0 fully saturated rings. The predicted molar refractivity (Wildman–Crippen MR) is 85.7 cm³/mol. The molecule has 24 heavy (non-hydrogen) atoms. The molecule has 2 heterocycles. The van der Waals surface area contributed by atoms with E-state index in [9.17, 15) is 8.78 Å². The van der Waals surface area contributed by atoms with E-state index in [1.807, 2.05) is 6.07 Å². The Hall–Kier alpha value is -2.35. The first-order chi connectivity index (χ1) is 11.6. The minimum absolute atomic E-state index is 0.135. The molecule has 0 unspecified atom stereocenters. The summed E-state index contributed by atoms with van der Waals surface area (Å²) in [4.78, 5) is 8.51. The first kappa shape index (κ1) is 16.5. The zero-order valence-electron chi connectivity index (χ0n) is 12.3. The van der Waals surface area contributed by atoms with Gasteiger partial charge in [-0.2, -0.15) is 13.8 Å². The topological polar surface area (TPSA) is 61.0 Å².